The molecule has 2 atom stereocenters. The lowest BCUT2D eigenvalue weighted by Gasteiger charge is -2.30. The molecule has 4 heteroatoms. The lowest BCUT2D eigenvalue weighted by molar-refractivity contribution is -0.160. The van der Waals surface area contributed by atoms with Crippen molar-refractivity contribution in [3.8, 4) is 0 Å². The summed E-state index contributed by atoms with van der Waals surface area (Å²) in [6, 6.07) is 19.3. The van der Waals surface area contributed by atoms with E-state index < -0.39 is 11.4 Å². The monoisotopic (exact) mass is 323 g/mol. The molecule has 2 aromatic carbocycles. The summed E-state index contributed by atoms with van der Waals surface area (Å²) in [6.07, 6.45) is 0.331. The molecule has 0 saturated carbocycles. The molecule has 124 valence electrons. The number of ether oxygens (including phenoxy) is 1. The molecule has 1 fully saturated rings. The number of amides is 1. The van der Waals surface area contributed by atoms with Crippen molar-refractivity contribution in [3.05, 3.63) is 71.8 Å². The Bertz CT molecular complexity index is 714. The molecule has 0 spiro atoms. The average molecular weight is 323 g/mol. The molecular weight excluding hydrogens is 302 g/mol. The summed E-state index contributed by atoms with van der Waals surface area (Å²) in [5.74, 6) is -0.943. The van der Waals surface area contributed by atoms with E-state index in [-0.39, 0.29) is 18.4 Å². The predicted octanol–water partition coefficient (Wildman–Crippen LogP) is 2.69. The molecule has 3 rings (SSSR count). The van der Waals surface area contributed by atoms with Gasteiger partial charge in [-0.25, -0.2) is 0 Å². The van der Waals surface area contributed by atoms with Gasteiger partial charge in [0.2, 0.25) is 5.91 Å². The van der Waals surface area contributed by atoms with Gasteiger partial charge in [0.1, 0.15) is 0 Å². The number of hydrogen-bond donors (Lipinski definition) is 1. The third-order valence-electron chi connectivity index (χ3n) is 4.63. The summed E-state index contributed by atoms with van der Waals surface area (Å²) in [7, 11) is 0. The van der Waals surface area contributed by atoms with Crippen LogP contribution in [0.15, 0.2) is 60.7 Å². The highest BCUT2D eigenvalue weighted by Gasteiger charge is 2.57. The van der Waals surface area contributed by atoms with Crippen LogP contribution in [0, 0.1) is 5.41 Å². The fourth-order valence-corrected chi connectivity index (χ4v) is 3.46. The van der Waals surface area contributed by atoms with Crippen LogP contribution in [-0.2, 0) is 20.7 Å². The second kappa shape index (κ2) is 6.87. The van der Waals surface area contributed by atoms with E-state index in [1.807, 2.05) is 60.7 Å². The first-order valence-corrected chi connectivity index (χ1v) is 8.23. The molecule has 1 aliphatic heterocycles. The third kappa shape index (κ3) is 2.80. The van der Waals surface area contributed by atoms with Crippen LogP contribution in [0.3, 0.4) is 0 Å². The molecule has 1 saturated heterocycles. The first kappa shape index (κ1) is 16.2. The number of nitrogens with one attached hydrogen (secondary N) is 1. The van der Waals surface area contributed by atoms with Gasteiger partial charge in [-0.05, 0) is 24.5 Å². The minimum Gasteiger partial charge on any atom is -0.465 e. The normalized spacial score (nSPS) is 22.9. The molecule has 0 unspecified atom stereocenters. The maximum Gasteiger partial charge on any atom is 0.322 e. The maximum atomic E-state index is 12.9. The van der Waals surface area contributed by atoms with E-state index in [4.69, 9.17) is 4.74 Å². The Kier molecular flexibility index (Phi) is 4.65. The van der Waals surface area contributed by atoms with Crippen molar-refractivity contribution in [3.63, 3.8) is 0 Å². The molecule has 1 N–H and O–H groups in total. The first-order chi connectivity index (χ1) is 11.7. The van der Waals surface area contributed by atoms with Gasteiger partial charge < -0.3 is 10.1 Å². The highest BCUT2D eigenvalue weighted by molar-refractivity contribution is 6.06. The Morgan fingerprint density at radius 1 is 1.12 bits per heavy atom. The van der Waals surface area contributed by atoms with Gasteiger partial charge in [0.25, 0.3) is 0 Å². The minimum absolute atomic E-state index is 0.245. The maximum absolute atomic E-state index is 12.9. The Morgan fingerprint density at radius 3 is 2.38 bits per heavy atom. The highest BCUT2D eigenvalue weighted by atomic mass is 16.5. The van der Waals surface area contributed by atoms with E-state index in [9.17, 15) is 9.59 Å². The Hall–Kier alpha value is -2.62. The number of carbonyl (C=O) groups is 2. The molecule has 0 bridgehead atoms. The molecule has 2 aromatic rings. The summed E-state index contributed by atoms with van der Waals surface area (Å²) in [5.41, 5.74) is 0.696. The van der Waals surface area contributed by atoms with Gasteiger partial charge in [-0.3, -0.25) is 9.59 Å². The summed E-state index contributed by atoms with van der Waals surface area (Å²) < 4.78 is 5.32. The van der Waals surface area contributed by atoms with Crippen molar-refractivity contribution in [2.75, 3.05) is 13.2 Å². The van der Waals surface area contributed by atoms with Crippen molar-refractivity contribution in [2.45, 2.75) is 19.3 Å². The number of rotatable bonds is 5. The van der Waals surface area contributed by atoms with E-state index in [2.05, 4.69) is 5.32 Å². The van der Waals surface area contributed by atoms with E-state index >= 15 is 0 Å². The third-order valence-corrected chi connectivity index (χ3v) is 4.63. The highest BCUT2D eigenvalue weighted by Crippen LogP contribution is 2.44. The second-order valence-electron chi connectivity index (χ2n) is 6.03. The molecule has 24 heavy (non-hydrogen) atoms. The zero-order valence-corrected chi connectivity index (χ0v) is 13.7. The van der Waals surface area contributed by atoms with E-state index in [0.717, 1.165) is 11.1 Å². The van der Waals surface area contributed by atoms with Gasteiger partial charge in [-0.2, -0.15) is 0 Å². The van der Waals surface area contributed by atoms with Gasteiger partial charge in [0.05, 0.1) is 6.61 Å². The van der Waals surface area contributed by atoms with Crippen molar-refractivity contribution in [1.82, 2.24) is 5.32 Å². The van der Waals surface area contributed by atoms with Crippen LogP contribution in [-0.4, -0.2) is 25.0 Å². The number of benzene rings is 2. The summed E-state index contributed by atoms with van der Waals surface area (Å²) in [4.78, 5) is 25.7. The van der Waals surface area contributed by atoms with E-state index in [0.29, 0.717) is 13.0 Å². The van der Waals surface area contributed by atoms with Crippen molar-refractivity contribution in [1.29, 1.82) is 0 Å². The Morgan fingerprint density at radius 2 is 1.75 bits per heavy atom. The zero-order chi connectivity index (χ0) is 17.0. The van der Waals surface area contributed by atoms with Crippen LogP contribution >= 0.6 is 0 Å². The van der Waals surface area contributed by atoms with Crippen LogP contribution in [0.4, 0.5) is 0 Å². The molecular formula is C20H21NO3. The van der Waals surface area contributed by atoms with Crippen LogP contribution in [0.2, 0.25) is 0 Å². The van der Waals surface area contributed by atoms with Crippen molar-refractivity contribution in [2.24, 2.45) is 5.41 Å². The second-order valence-corrected chi connectivity index (χ2v) is 6.03. The summed E-state index contributed by atoms with van der Waals surface area (Å²) in [6.45, 7) is 2.46. The Labute approximate surface area is 141 Å². The van der Waals surface area contributed by atoms with Crippen LogP contribution in [0.25, 0.3) is 0 Å². The van der Waals surface area contributed by atoms with Crippen molar-refractivity contribution < 1.29 is 14.3 Å². The molecule has 1 heterocycles. The van der Waals surface area contributed by atoms with Gasteiger partial charge in [0, 0.05) is 12.5 Å². The van der Waals surface area contributed by atoms with Gasteiger partial charge >= 0.3 is 5.97 Å². The van der Waals surface area contributed by atoms with Gasteiger partial charge in [-0.1, -0.05) is 60.7 Å². The minimum atomic E-state index is -1.22. The lowest BCUT2D eigenvalue weighted by Crippen LogP contribution is -2.45. The van der Waals surface area contributed by atoms with Gasteiger partial charge in [0.15, 0.2) is 5.41 Å². The molecule has 0 radical (unpaired) electrons. The largest absolute Gasteiger partial charge is 0.465 e. The standard InChI is InChI=1S/C20H21NO3/c1-2-24-19(23)20(13-15-9-5-3-6-10-15)17(14-21-18(20)22)16-11-7-4-8-12-16/h3-12,17H,2,13-14H2,1H3,(H,21,22)/t17-,20+/m0/s1. The number of esters is 1. The SMILES string of the molecule is CCOC(=O)[C@@]1(Cc2ccccc2)C(=O)NC[C@H]1c1ccccc1. The molecule has 0 aromatic heterocycles. The van der Waals surface area contributed by atoms with Gasteiger partial charge in [-0.15, -0.1) is 0 Å². The summed E-state index contributed by atoms with van der Waals surface area (Å²) >= 11 is 0. The van der Waals surface area contributed by atoms with E-state index in [1.54, 1.807) is 6.92 Å². The molecule has 4 nitrogen and oxygen atoms in total. The van der Waals surface area contributed by atoms with Crippen molar-refractivity contribution >= 4 is 11.9 Å². The number of carbonyl (C=O) groups excluding carboxylic acids is 2. The first-order valence-electron chi connectivity index (χ1n) is 8.23. The fourth-order valence-electron chi connectivity index (χ4n) is 3.46. The van der Waals surface area contributed by atoms with Crippen LogP contribution in [0.5, 0.6) is 0 Å². The predicted molar refractivity (Wildman–Crippen MR) is 91.4 cm³/mol. The molecule has 1 aliphatic rings. The quantitative estimate of drug-likeness (QED) is 0.680. The van der Waals surface area contributed by atoms with E-state index in [1.165, 1.54) is 0 Å². The van der Waals surface area contributed by atoms with Crippen LogP contribution in [0.1, 0.15) is 24.0 Å². The fraction of sp³-hybridized carbons (Fsp3) is 0.300. The molecule has 0 aliphatic carbocycles. The average Bonchev–Trinajstić information content (AvgIpc) is 2.94. The van der Waals surface area contributed by atoms with Crippen LogP contribution < -0.4 is 5.32 Å². The summed E-state index contributed by atoms with van der Waals surface area (Å²) in [5, 5.41) is 2.88. The smallest absolute Gasteiger partial charge is 0.322 e. The Balaban J connectivity index is 2.07. The molecule has 1 amide bonds. The zero-order valence-electron chi connectivity index (χ0n) is 13.7. The lowest BCUT2D eigenvalue weighted by atomic mass is 9.70. The topological polar surface area (TPSA) is 55.4 Å². The number of hydrogen-bond acceptors (Lipinski definition) is 3.